The van der Waals surface area contributed by atoms with Crippen LogP contribution in [-0.4, -0.2) is 44.8 Å². The van der Waals surface area contributed by atoms with E-state index in [2.05, 4.69) is 30.0 Å². The van der Waals surface area contributed by atoms with Crippen molar-refractivity contribution in [2.24, 2.45) is 17.8 Å². The van der Waals surface area contributed by atoms with E-state index in [1.54, 1.807) is 17.8 Å². The number of piperidine rings is 1. The van der Waals surface area contributed by atoms with E-state index in [9.17, 15) is 13.2 Å². The molecule has 3 atom stereocenters. The van der Waals surface area contributed by atoms with Crippen molar-refractivity contribution in [3.8, 4) is 16.5 Å². The van der Waals surface area contributed by atoms with Gasteiger partial charge in [0.15, 0.2) is 10.7 Å². The number of anilines is 1. The Kier molecular flexibility index (Phi) is 4.34. The molecule has 150 valence electrons. The van der Waals surface area contributed by atoms with Gasteiger partial charge in [0.1, 0.15) is 17.0 Å². The molecule has 0 N–H and O–H groups in total. The summed E-state index contributed by atoms with van der Waals surface area (Å²) in [4.78, 5) is 14.4. The van der Waals surface area contributed by atoms with Crippen LogP contribution in [0.5, 0.6) is 5.75 Å². The first-order valence-electron chi connectivity index (χ1n) is 9.00. The largest absolute Gasteiger partial charge is 0.491 e. The molecule has 1 unspecified atom stereocenters. The van der Waals surface area contributed by atoms with Gasteiger partial charge in [0.25, 0.3) is 0 Å². The molecule has 1 aliphatic heterocycles. The predicted molar refractivity (Wildman–Crippen MR) is 98.4 cm³/mol. The van der Waals surface area contributed by atoms with E-state index in [0.29, 0.717) is 17.8 Å². The fourth-order valence-electron chi connectivity index (χ4n) is 3.87. The number of nitrogens with zero attached hydrogens (tertiary/aromatic N) is 6. The van der Waals surface area contributed by atoms with Crippen LogP contribution in [0.3, 0.4) is 0 Å². The summed E-state index contributed by atoms with van der Waals surface area (Å²) in [6.45, 7) is 1.78. The molecule has 29 heavy (non-hydrogen) atoms. The molecular weight excluding hydrogens is 405 g/mol. The Morgan fingerprint density at radius 3 is 2.69 bits per heavy atom. The van der Waals surface area contributed by atoms with Gasteiger partial charge >= 0.3 is 6.18 Å². The average molecular weight is 420 g/mol. The van der Waals surface area contributed by atoms with Crippen molar-refractivity contribution in [2.45, 2.75) is 6.18 Å². The predicted octanol–water partition coefficient (Wildman–Crippen LogP) is 3.17. The van der Waals surface area contributed by atoms with Crippen LogP contribution in [0.4, 0.5) is 19.1 Å². The number of hydrogen-bond donors (Lipinski definition) is 0. The van der Waals surface area contributed by atoms with Crippen molar-refractivity contribution in [1.82, 2.24) is 25.1 Å². The number of fused-ring (bicyclic) bond motifs is 1. The minimum Gasteiger partial charge on any atom is -0.491 e. The fraction of sp³-hybridized carbons (Fsp3) is 0.389. The van der Waals surface area contributed by atoms with Crippen LogP contribution < -0.4 is 9.64 Å². The van der Waals surface area contributed by atoms with Crippen LogP contribution >= 0.6 is 11.3 Å². The van der Waals surface area contributed by atoms with E-state index in [1.807, 2.05) is 0 Å². The summed E-state index contributed by atoms with van der Waals surface area (Å²) >= 11 is 1.41. The van der Waals surface area contributed by atoms with E-state index in [-0.39, 0.29) is 18.3 Å². The number of ether oxygens (including phenoxy) is 1. The highest BCUT2D eigenvalue weighted by atomic mass is 32.1. The van der Waals surface area contributed by atoms with Gasteiger partial charge in [0.2, 0.25) is 5.95 Å². The number of hydrogen-bond acceptors (Lipinski definition) is 8. The van der Waals surface area contributed by atoms with Gasteiger partial charge in [-0.2, -0.15) is 13.2 Å². The molecule has 3 aromatic heterocycles. The molecule has 0 amide bonds. The van der Waals surface area contributed by atoms with Gasteiger partial charge in [-0.3, -0.25) is 0 Å². The highest BCUT2D eigenvalue weighted by Crippen LogP contribution is 2.52. The van der Waals surface area contributed by atoms with E-state index in [1.165, 1.54) is 23.5 Å². The van der Waals surface area contributed by atoms with Gasteiger partial charge in [0.05, 0.1) is 6.61 Å². The third-order valence-corrected chi connectivity index (χ3v) is 6.06. The zero-order chi connectivity index (χ0) is 20.0. The molecule has 2 fully saturated rings. The summed E-state index contributed by atoms with van der Waals surface area (Å²) in [6, 6.07) is 4.55. The molecular formula is C18H15F3N6OS. The van der Waals surface area contributed by atoms with Gasteiger partial charge in [-0.15, -0.1) is 10.2 Å². The number of rotatable bonds is 5. The van der Waals surface area contributed by atoms with Crippen molar-refractivity contribution in [3.63, 3.8) is 0 Å². The first-order valence-corrected chi connectivity index (χ1v) is 9.88. The van der Waals surface area contributed by atoms with E-state index >= 15 is 0 Å². The third kappa shape index (κ3) is 3.50. The van der Waals surface area contributed by atoms with Crippen LogP contribution in [0.1, 0.15) is 5.69 Å². The lowest BCUT2D eigenvalue weighted by Gasteiger charge is -2.20. The lowest BCUT2D eigenvalue weighted by atomic mass is 10.2. The zero-order valence-electron chi connectivity index (χ0n) is 15.0. The maximum absolute atomic E-state index is 13.0. The van der Waals surface area contributed by atoms with Gasteiger partial charge in [0, 0.05) is 31.4 Å². The Morgan fingerprint density at radius 1 is 1.14 bits per heavy atom. The van der Waals surface area contributed by atoms with Crippen LogP contribution in [0.25, 0.3) is 10.7 Å². The maximum atomic E-state index is 13.0. The first kappa shape index (κ1) is 18.2. The molecule has 0 aromatic carbocycles. The smallest absolute Gasteiger partial charge is 0.437 e. The summed E-state index contributed by atoms with van der Waals surface area (Å²) in [7, 11) is 0. The number of halogens is 3. The molecule has 0 spiro atoms. The average Bonchev–Trinajstić information content (AvgIpc) is 3.14. The maximum Gasteiger partial charge on any atom is 0.437 e. The third-order valence-electron chi connectivity index (χ3n) is 5.35. The second-order valence-electron chi connectivity index (χ2n) is 7.04. The fourth-order valence-corrected chi connectivity index (χ4v) is 4.39. The Hall–Kier alpha value is -2.82. The van der Waals surface area contributed by atoms with Gasteiger partial charge in [-0.05, 0) is 30.0 Å². The zero-order valence-corrected chi connectivity index (χ0v) is 15.8. The summed E-state index contributed by atoms with van der Waals surface area (Å²) in [6.07, 6.45) is -1.71. The van der Waals surface area contributed by atoms with Crippen molar-refractivity contribution in [2.75, 3.05) is 24.6 Å². The van der Waals surface area contributed by atoms with E-state index in [0.717, 1.165) is 30.0 Å². The standard InChI is InChI=1S/C18H15F3N6OS/c19-18(20,21)15-14(2-1-4-22-15)28-8-12-10-6-27(7-11(10)12)17-23-5-3-13(25-17)16-26-24-9-29-16/h1-5,9-12H,6-8H2/t10-,11+,12?. The quantitative estimate of drug-likeness (QED) is 0.627. The lowest BCUT2D eigenvalue weighted by Crippen LogP contribution is -2.27. The molecule has 2 aliphatic rings. The highest BCUT2D eigenvalue weighted by molar-refractivity contribution is 7.12. The summed E-state index contributed by atoms with van der Waals surface area (Å²) < 4.78 is 44.6. The minimum atomic E-state index is -4.53. The molecule has 0 bridgehead atoms. The number of alkyl halides is 3. The normalized spacial score (nSPS) is 23.1. The van der Waals surface area contributed by atoms with Crippen LogP contribution in [-0.2, 0) is 6.18 Å². The minimum absolute atomic E-state index is 0.213. The van der Waals surface area contributed by atoms with Gasteiger partial charge < -0.3 is 9.64 Å². The Labute approximate surface area is 167 Å². The first-order chi connectivity index (χ1) is 14.0. The molecule has 1 saturated carbocycles. The number of pyridine rings is 1. The molecule has 3 aromatic rings. The van der Waals surface area contributed by atoms with Crippen molar-refractivity contribution >= 4 is 17.3 Å². The molecule has 4 heterocycles. The Bertz CT molecular complexity index is 1000. The highest BCUT2D eigenvalue weighted by Gasteiger charge is 2.56. The Morgan fingerprint density at radius 2 is 1.97 bits per heavy atom. The summed E-state index contributed by atoms with van der Waals surface area (Å²) in [5.41, 5.74) is 1.41. The number of aromatic nitrogens is 5. The molecule has 11 heteroatoms. The van der Waals surface area contributed by atoms with Crippen LogP contribution in [0.2, 0.25) is 0 Å². The second kappa shape index (κ2) is 6.90. The second-order valence-corrected chi connectivity index (χ2v) is 7.87. The SMILES string of the molecule is FC(F)(F)c1ncccc1OCC1[C@H]2CN(c3nccc(-c4nncs4)n3)C[C@@H]12. The van der Waals surface area contributed by atoms with Crippen molar-refractivity contribution < 1.29 is 17.9 Å². The molecule has 1 saturated heterocycles. The monoisotopic (exact) mass is 420 g/mol. The molecule has 5 rings (SSSR count). The summed E-state index contributed by atoms with van der Waals surface area (Å²) in [5, 5.41) is 8.59. The van der Waals surface area contributed by atoms with Gasteiger partial charge in [-0.1, -0.05) is 11.3 Å². The topological polar surface area (TPSA) is 76.9 Å². The molecule has 1 aliphatic carbocycles. The van der Waals surface area contributed by atoms with Crippen LogP contribution in [0, 0.1) is 17.8 Å². The molecule has 7 nitrogen and oxygen atoms in total. The van der Waals surface area contributed by atoms with Crippen LogP contribution in [0.15, 0.2) is 36.1 Å². The van der Waals surface area contributed by atoms with Crippen molar-refractivity contribution in [1.29, 1.82) is 0 Å². The molecule has 0 radical (unpaired) electrons. The van der Waals surface area contributed by atoms with E-state index in [4.69, 9.17) is 4.74 Å². The Balaban J connectivity index is 1.20. The van der Waals surface area contributed by atoms with E-state index < -0.39 is 11.9 Å². The summed E-state index contributed by atoms with van der Waals surface area (Å²) in [5.74, 6) is 1.40. The van der Waals surface area contributed by atoms with Gasteiger partial charge in [-0.25, -0.2) is 15.0 Å². The van der Waals surface area contributed by atoms with Crippen molar-refractivity contribution in [3.05, 3.63) is 41.8 Å². The lowest BCUT2D eigenvalue weighted by molar-refractivity contribution is -0.142.